The van der Waals surface area contributed by atoms with Crippen LogP contribution in [0.3, 0.4) is 0 Å². The van der Waals surface area contributed by atoms with Crippen molar-refractivity contribution in [2.45, 2.75) is 0 Å². The molecule has 0 aliphatic carbocycles. The molecular weight excluding hydrogens is 252 g/mol. The summed E-state index contributed by atoms with van der Waals surface area (Å²) in [6.45, 7) is -0.382. The predicted molar refractivity (Wildman–Crippen MR) is 57.0 cm³/mol. The summed E-state index contributed by atoms with van der Waals surface area (Å²) >= 11 is 0. The van der Waals surface area contributed by atoms with E-state index in [-0.39, 0.29) is 13.2 Å². The predicted octanol–water partition coefficient (Wildman–Crippen LogP) is 1.38. The number of nitrogens with two attached hydrogens (primary N) is 1. The fourth-order valence-corrected chi connectivity index (χ4v) is 1.19. The number of primary amides is 1. The maximum Gasteiger partial charge on any atom is 0.404 e. The van der Waals surface area contributed by atoms with Gasteiger partial charge in [0.05, 0.1) is 4.92 Å². The number of hydrogen-bond donors (Lipinski definition) is 2. The first-order chi connectivity index (χ1) is 8.43. The van der Waals surface area contributed by atoms with Crippen molar-refractivity contribution in [3.05, 3.63) is 33.9 Å². The Kier molecular flexibility index (Phi) is 4.35. The molecule has 7 nitrogen and oxygen atoms in total. The van der Waals surface area contributed by atoms with Crippen LogP contribution in [-0.4, -0.2) is 24.2 Å². The third kappa shape index (κ3) is 3.27. The van der Waals surface area contributed by atoms with Crippen molar-refractivity contribution < 1.29 is 23.2 Å². The first-order valence-corrected chi connectivity index (χ1v) is 4.72. The monoisotopic (exact) mass is 261 g/mol. The van der Waals surface area contributed by atoms with E-state index < -0.39 is 34.0 Å². The molecule has 1 amide bonds. The number of anilines is 1. The number of halogens is 2. The van der Waals surface area contributed by atoms with Gasteiger partial charge in [0.1, 0.15) is 6.61 Å². The van der Waals surface area contributed by atoms with Gasteiger partial charge in [0, 0.05) is 12.6 Å². The van der Waals surface area contributed by atoms with Crippen LogP contribution >= 0.6 is 0 Å². The zero-order valence-corrected chi connectivity index (χ0v) is 8.98. The Balaban J connectivity index is 2.82. The lowest BCUT2D eigenvalue weighted by Crippen LogP contribution is -2.19. The fraction of sp³-hybridized carbons (Fsp3) is 0.222. The number of ether oxygens (including phenoxy) is 1. The van der Waals surface area contributed by atoms with Gasteiger partial charge in [-0.3, -0.25) is 10.1 Å². The normalized spacial score (nSPS) is 9.89. The summed E-state index contributed by atoms with van der Waals surface area (Å²) in [6, 6.07) is 1.48. The Bertz CT molecular complexity index is 481. The zero-order valence-electron chi connectivity index (χ0n) is 8.98. The van der Waals surface area contributed by atoms with E-state index in [1.54, 1.807) is 0 Å². The summed E-state index contributed by atoms with van der Waals surface area (Å²) in [4.78, 5) is 20.0. The topological polar surface area (TPSA) is 107 Å². The molecular formula is C9H9F2N3O4. The van der Waals surface area contributed by atoms with Gasteiger partial charge in [-0.25, -0.2) is 13.6 Å². The highest BCUT2D eigenvalue weighted by Crippen LogP contribution is 2.28. The number of rotatable bonds is 5. The molecule has 0 unspecified atom stereocenters. The van der Waals surface area contributed by atoms with Crippen molar-refractivity contribution in [2.75, 3.05) is 18.5 Å². The number of nitrogens with zero attached hydrogens (tertiary/aromatic N) is 1. The van der Waals surface area contributed by atoms with E-state index >= 15 is 0 Å². The molecule has 0 radical (unpaired) electrons. The lowest BCUT2D eigenvalue weighted by atomic mass is 10.2. The summed E-state index contributed by atoms with van der Waals surface area (Å²) in [5.74, 6) is -2.60. The number of carbonyl (C=O) groups excluding carboxylic acids is 1. The highest BCUT2D eigenvalue weighted by atomic mass is 19.2. The van der Waals surface area contributed by atoms with E-state index in [1.807, 2.05) is 0 Å². The summed E-state index contributed by atoms with van der Waals surface area (Å²) in [5, 5.41) is 12.9. The van der Waals surface area contributed by atoms with Crippen molar-refractivity contribution in [3.63, 3.8) is 0 Å². The number of carbonyl (C=O) groups is 1. The minimum Gasteiger partial charge on any atom is -0.448 e. The second kappa shape index (κ2) is 5.75. The van der Waals surface area contributed by atoms with E-state index in [0.29, 0.717) is 6.07 Å². The maximum atomic E-state index is 13.3. The molecule has 0 bridgehead atoms. The van der Waals surface area contributed by atoms with E-state index in [2.05, 4.69) is 15.8 Å². The van der Waals surface area contributed by atoms with Crippen LogP contribution in [0.25, 0.3) is 0 Å². The lowest BCUT2D eigenvalue weighted by Gasteiger charge is -2.08. The van der Waals surface area contributed by atoms with E-state index in [9.17, 15) is 23.7 Å². The Morgan fingerprint density at radius 3 is 2.72 bits per heavy atom. The quantitative estimate of drug-likeness (QED) is 0.473. The van der Waals surface area contributed by atoms with Gasteiger partial charge in [-0.05, 0) is 6.07 Å². The third-order valence-electron chi connectivity index (χ3n) is 1.92. The minimum atomic E-state index is -1.37. The first kappa shape index (κ1) is 13.6. The van der Waals surface area contributed by atoms with Gasteiger partial charge in [-0.15, -0.1) is 0 Å². The van der Waals surface area contributed by atoms with E-state index in [1.165, 1.54) is 0 Å². The Labute approximate surface area is 99.7 Å². The van der Waals surface area contributed by atoms with Crippen LogP contribution in [-0.2, 0) is 4.74 Å². The van der Waals surface area contributed by atoms with Crippen LogP contribution < -0.4 is 11.1 Å². The lowest BCUT2D eigenvalue weighted by molar-refractivity contribution is -0.384. The molecule has 0 spiro atoms. The Morgan fingerprint density at radius 1 is 1.50 bits per heavy atom. The highest BCUT2D eigenvalue weighted by Gasteiger charge is 2.21. The fourth-order valence-electron chi connectivity index (χ4n) is 1.19. The molecule has 0 saturated carbocycles. The number of nitrogens with one attached hydrogen (secondary N) is 1. The van der Waals surface area contributed by atoms with Gasteiger partial charge < -0.3 is 15.8 Å². The summed E-state index contributed by atoms with van der Waals surface area (Å²) in [5.41, 5.74) is 3.45. The van der Waals surface area contributed by atoms with Crippen LogP contribution in [0.1, 0.15) is 0 Å². The second-order valence-electron chi connectivity index (χ2n) is 3.11. The van der Waals surface area contributed by atoms with Gasteiger partial charge in [0.15, 0.2) is 17.3 Å². The molecule has 0 aliphatic heterocycles. The van der Waals surface area contributed by atoms with Gasteiger partial charge in [0.2, 0.25) is 0 Å². The van der Waals surface area contributed by atoms with E-state index in [4.69, 9.17) is 0 Å². The molecule has 1 rings (SSSR count). The molecule has 0 aliphatic rings. The summed E-state index contributed by atoms with van der Waals surface area (Å²) < 4.78 is 30.6. The van der Waals surface area contributed by atoms with E-state index in [0.717, 1.165) is 6.07 Å². The number of hydrogen-bond acceptors (Lipinski definition) is 5. The SMILES string of the molecule is NC(=O)OCCNc1c([N+](=O)[O-])ccc(F)c1F. The maximum absolute atomic E-state index is 13.3. The van der Waals surface area contributed by atoms with Crippen molar-refractivity contribution in [1.29, 1.82) is 0 Å². The van der Waals surface area contributed by atoms with Crippen molar-refractivity contribution in [2.24, 2.45) is 5.73 Å². The number of benzene rings is 1. The average Bonchev–Trinajstić information content (AvgIpc) is 2.29. The van der Waals surface area contributed by atoms with Crippen molar-refractivity contribution in [1.82, 2.24) is 0 Å². The molecule has 0 atom stereocenters. The molecule has 3 N–H and O–H groups in total. The van der Waals surface area contributed by atoms with Crippen molar-refractivity contribution in [3.8, 4) is 0 Å². The van der Waals surface area contributed by atoms with Crippen LogP contribution in [0.15, 0.2) is 12.1 Å². The van der Waals surface area contributed by atoms with Gasteiger partial charge in [0.25, 0.3) is 5.69 Å². The number of amides is 1. The van der Waals surface area contributed by atoms with Crippen LogP contribution in [0.5, 0.6) is 0 Å². The molecule has 0 heterocycles. The summed E-state index contributed by atoms with van der Waals surface area (Å²) in [6.07, 6.45) is -1.04. The molecule has 0 aromatic heterocycles. The van der Waals surface area contributed by atoms with Crippen molar-refractivity contribution >= 4 is 17.5 Å². The number of nitro groups is 1. The van der Waals surface area contributed by atoms with Crippen LogP contribution in [0, 0.1) is 21.7 Å². The zero-order chi connectivity index (χ0) is 13.7. The number of nitro benzene ring substituents is 1. The standard InChI is InChI=1S/C9H9F2N3O4/c10-5-1-2-6(14(16)17)8(7(5)11)13-3-4-18-9(12)15/h1-2,13H,3-4H2,(H2,12,15). The molecule has 0 saturated heterocycles. The van der Waals surface area contributed by atoms with Gasteiger partial charge in [-0.2, -0.15) is 0 Å². The van der Waals surface area contributed by atoms with Gasteiger partial charge in [-0.1, -0.05) is 0 Å². The van der Waals surface area contributed by atoms with Gasteiger partial charge >= 0.3 is 6.09 Å². The largest absolute Gasteiger partial charge is 0.448 e. The Morgan fingerprint density at radius 2 is 2.17 bits per heavy atom. The minimum absolute atomic E-state index is 0.149. The molecule has 1 aromatic carbocycles. The molecule has 18 heavy (non-hydrogen) atoms. The second-order valence-corrected chi connectivity index (χ2v) is 3.11. The molecule has 0 fully saturated rings. The van der Waals surface area contributed by atoms with Crippen LogP contribution in [0.2, 0.25) is 0 Å². The molecule has 98 valence electrons. The molecule has 1 aromatic rings. The van der Waals surface area contributed by atoms with Crippen LogP contribution in [0.4, 0.5) is 25.0 Å². The summed E-state index contributed by atoms with van der Waals surface area (Å²) in [7, 11) is 0. The molecule has 9 heteroatoms. The third-order valence-corrected chi connectivity index (χ3v) is 1.92. The smallest absolute Gasteiger partial charge is 0.404 e. The Hall–Kier alpha value is -2.45. The average molecular weight is 261 g/mol. The first-order valence-electron chi connectivity index (χ1n) is 4.72. The highest BCUT2D eigenvalue weighted by molar-refractivity contribution is 5.65.